The summed E-state index contributed by atoms with van der Waals surface area (Å²) >= 11 is 0. The van der Waals surface area contributed by atoms with Crippen LogP contribution >= 0.6 is 0 Å². The van der Waals surface area contributed by atoms with E-state index in [0.29, 0.717) is 37.8 Å². The SMILES string of the molecule is Cc1cncc(C(=O)N2CC3(C2)OCCC3COCc2ccncc2)c1. The summed E-state index contributed by atoms with van der Waals surface area (Å²) in [6.07, 6.45) is 7.91. The lowest BCUT2D eigenvalue weighted by Crippen LogP contribution is -2.66. The molecule has 4 rings (SSSR count). The Morgan fingerprint density at radius 2 is 2.12 bits per heavy atom. The first kappa shape index (κ1) is 17.1. The molecule has 0 radical (unpaired) electrons. The van der Waals surface area contributed by atoms with E-state index in [9.17, 15) is 4.79 Å². The molecule has 1 atom stereocenters. The number of hydrogen-bond donors (Lipinski definition) is 0. The van der Waals surface area contributed by atoms with Crippen molar-refractivity contribution in [1.82, 2.24) is 14.9 Å². The lowest BCUT2D eigenvalue weighted by atomic mass is 9.81. The second-order valence-electron chi connectivity index (χ2n) is 7.18. The highest BCUT2D eigenvalue weighted by molar-refractivity contribution is 5.94. The van der Waals surface area contributed by atoms with Gasteiger partial charge in [-0.25, -0.2) is 0 Å². The summed E-state index contributed by atoms with van der Waals surface area (Å²) in [6, 6.07) is 5.80. The molecule has 2 aromatic heterocycles. The predicted octanol–water partition coefficient (Wildman–Crippen LogP) is 2.23. The Hall–Kier alpha value is -2.31. The molecule has 6 nitrogen and oxygen atoms in total. The quantitative estimate of drug-likeness (QED) is 0.825. The molecule has 4 heterocycles. The number of pyridine rings is 2. The van der Waals surface area contributed by atoms with Crippen LogP contribution in [0.3, 0.4) is 0 Å². The summed E-state index contributed by atoms with van der Waals surface area (Å²) < 4.78 is 11.9. The maximum atomic E-state index is 12.6. The van der Waals surface area contributed by atoms with Crippen LogP contribution < -0.4 is 0 Å². The second-order valence-corrected chi connectivity index (χ2v) is 7.18. The van der Waals surface area contributed by atoms with Gasteiger partial charge in [-0.05, 0) is 42.7 Å². The average molecular weight is 353 g/mol. The van der Waals surface area contributed by atoms with Crippen molar-refractivity contribution in [2.45, 2.75) is 25.6 Å². The summed E-state index contributed by atoms with van der Waals surface area (Å²) in [5.74, 6) is 0.350. The summed E-state index contributed by atoms with van der Waals surface area (Å²) in [5, 5.41) is 0. The summed E-state index contributed by atoms with van der Waals surface area (Å²) in [6.45, 7) is 5.16. The average Bonchev–Trinajstić information content (AvgIpc) is 3.05. The fourth-order valence-corrected chi connectivity index (χ4v) is 3.77. The molecule has 1 unspecified atom stereocenters. The van der Waals surface area contributed by atoms with Crippen molar-refractivity contribution in [3.05, 3.63) is 59.7 Å². The molecule has 26 heavy (non-hydrogen) atoms. The molecule has 0 aromatic carbocycles. The van der Waals surface area contributed by atoms with Gasteiger partial charge in [-0.3, -0.25) is 14.8 Å². The van der Waals surface area contributed by atoms with Crippen molar-refractivity contribution in [2.75, 3.05) is 26.3 Å². The zero-order valence-corrected chi connectivity index (χ0v) is 14.9. The van der Waals surface area contributed by atoms with E-state index in [4.69, 9.17) is 9.47 Å². The highest BCUT2D eigenvalue weighted by Crippen LogP contribution is 2.40. The van der Waals surface area contributed by atoms with Gasteiger partial charge in [-0.1, -0.05) is 0 Å². The normalized spacial score (nSPS) is 21.0. The van der Waals surface area contributed by atoms with Crippen LogP contribution in [-0.4, -0.2) is 52.7 Å². The van der Waals surface area contributed by atoms with E-state index in [0.717, 1.165) is 24.2 Å². The first-order valence-corrected chi connectivity index (χ1v) is 8.98. The molecule has 2 fully saturated rings. The van der Waals surface area contributed by atoms with Crippen LogP contribution in [0.25, 0.3) is 0 Å². The molecule has 1 spiro atoms. The van der Waals surface area contributed by atoms with Gasteiger partial charge >= 0.3 is 0 Å². The number of aromatic nitrogens is 2. The standard InChI is InChI=1S/C20H23N3O3/c1-15-8-17(10-22-9-15)19(24)23-13-20(14-23)18(4-7-26-20)12-25-11-16-2-5-21-6-3-16/h2-3,5-6,8-10,18H,4,7,11-14H2,1H3. The van der Waals surface area contributed by atoms with Crippen LogP contribution in [0.2, 0.25) is 0 Å². The molecule has 2 aromatic rings. The summed E-state index contributed by atoms with van der Waals surface area (Å²) in [5.41, 5.74) is 2.50. The highest BCUT2D eigenvalue weighted by Gasteiger charge is 2.54. The molecule has 0 saturated carbocycles. The first-order valence-electron chi connectivity index (χ1n) is 8.98. The molecule has 2 aliphatic heterocycles. The van der Waals surface area contributed by atoms with Gasteiger partial charge in [-0.15, -0.1) is 0 Å². The Morgan fingerprint density at radius 1 is 1.31 bits per heavy atom. The third-order valence-corrected chi connectivity index (χ3v) is 5.26. The molecule has 0 N–H and O–H groups in total. The zero-order chi connectivity index (χ0) is 18.0. The Kier molecular flexibility index (Phi) is 4.70. The fourth-order valence-electron chi connectivity index (χ4n) is 3.77. The van der Waals surface area contributed by atoms with Crippen molar-refractivity contribution in [3.8, 4) is 0 Å². The number of amides is 1. The van der Waals surface area contributed by atoms with Gasteiger partial charge in [-0.2, -0.15) is 0 Å². The molecular formula is C20H23N3O3. The molecule has 0 bridgehead atoms. The van der Waals surface area contributed by atoms with Crippen molar-refractivity contribution >= 4 is 5.91 Å². The van der Waals surface area contributed by atoms with Crippen LogP contribution in [-0.2, 0) is 16.1 Å². The van der Waals surface area contributed by atoms with Crippen LogP contribution in [0.4, 0.5) is 0 Å². The number of rotatable bonds is 5. The predicted molar refractivity (Wildman–Crippen MR) is 95.6 cm³/mol. The van der Waals surface area contributed by atoms with Crippen LogP contribution in [0, 0.1) is 12.8 Å². The van der Waals surface area contributed by atoms with Crippen LogP contribution in [0.5, 0.6) is 0 Å². The molecule has 2 aliphatic rings. The number of likely N-dealkylation sites (tertiary alicyclic amines) is 1. The van der Waals surface area contributed by atoms with E-state index < -0.39 is 0 Å². The van der Waals surface area contributed by atoms with E-state index in [-0.39, 0.29) is 11.5 Å². The van der Waals surface area contributed by atoms with E-state index >= 15 is 0 Å². The lowest BCUT2D eigenvalue weighted by molar-refractivity contribution is -0.129. The largest absolute Gasteiger partial charge is 0.376 e. The first-order chi connectivity index (χ1) is 12.7. The number of nitrogens with zero attached hydrogens (tertiary/aromatic N) is 3. The molecule has 2 saturated heterocycles. The van der Waals surface area contributed by atoms with E-state index in [1.54, 1.807) is 24.8 Å². The Morgan fingerprint density at radius 3 is 2.88 bits per heavy atom. The van der Waals surface area contributed by atoms with Crippen LogP contribution in [0.1, 0.15) is 27.9 Å². The van der Waals surface area contributed by atoms with Gasteiger partial charge in [0.1, 0.15) is 5.60 Å². The number of hydrogen-bond acceptors (Lipinski definition) is 5. The molecule has 136 valence electrons. The Bertz CT molecular complexity index is 775. The van der Waals surface area contributed by atoms with Gasteiger partial charge < -0.3 is 14.4 Å². The number of aryl methyl sites for hydroxylation is 1. The minimum atomic E-state index is -0.245. The smallest absolute Gasteiger partial charge is 0.255 e. The van der Waals surface area contributed by atoms with Crippen molar-refractivity contribution in [2.24, 2.45) is 5.92 Å². The van der Waals surface area contributed by atoms with E-state index in [1.807, 2.05) is 30.0 Å². The zero-order valence-electron chi connectivity index (χ0n) is 14.9. The highest BCUT2D eigenvalue weighted by atomic mass is 16.5. The van der Waals surface area contributed by atoms with Gasteiger partial charge in [0, 0.05) is 37.3 Å². The van der Waals surface area contributed by atoms with Gasteiger partial charge in [0.25, 0.3) is 5.91 Å². The third-order valence-electron chi connectivity index (χ3n) is 5.26. The summed E-state index contributed by atoms with van der Waals surface area (Å²) in [7, 11) is 0. The van der Waals surface area contributed by atoms with E-state index in [2.05, 4.69) is 9.97 Å². The van der Waals surface area contributed by atoms with Crippen LogP contribution in [0.15, 0.2) is 43.0 Å². The monoisotopic (exact) mass is 353 g/mol. The van der Waals surface area contributed by atoms with Crippen molar-refractivity contribution in [3.63, 3.8) is 0 Å². The minimum Gasteiger partial charge on any atom is -0.376 e. The Balaban J connectivity index is 1.32. The van der Waals surface area contributed by atoms with Gasteiger partial charge in [0.2, 0.25) is 0 Å². The number of carbonyl (C=O) groups excluding carboxylic acids is 1. The Labute approximate surface area is 153 Å². The third kappa shape index (κ3) is 3.34. The minimum absolute atomic E-state index is 0.0266. The molecular weight excluding hydrogens is 330 g/mol. The topological polar surface area (TPSA) is 64.6 Å². The van der Waals surface area contributed by atoms with Crippen molar-refractivity contribution in [1.29, 1.82) is 0 Å². The molecule has 1 amide bonds. The fraction of sp³-hybridized carbons (Fsp3) is 0.450. The number of carbonyl (C=O) groups is 1. The molecule has 6 heteroatoms. The number of ether oxygens (including phenoxy) is 2. The van der Waals surface area contributed by atoms with Gasteiger partial charge in [0.05, 0.1) is 31.9 Å². The van der Waals surface area contributed by atoms with E-state index in [1.165, 1.54) is 0 Å². The maximum Gasteiger partial charge on any atom is 0.255 e. The second kappa shape index (κ2) is 7.13. The maximum absolute atomic E-state index is 12.6. The van der Waals surface area contributed by atoms with Crippen molar-refractivity contribution < 1.29 is 14.3 Å². The molecule has 0 aliphatic carbocycles. The lowest BCUT2D eigenvalue weighted by Gasteiger charge is -2.50. The summed E-state index contributed by atoms with van der Waals surface area (Å²) in [4.78, 5) is 22.6. The van der Waals surface area contributed by atoms with Gasteiger partial charge in [0.15, 0.2) is 0 Å².